The van der Waals surface area contributed by atoms with Crippen LogP contribution in [0, 0.1) is 13.8 Å². The van der Waals surface area contributed by atoms with Crippen LogP contribution in [-0.2, 0) is 6.42 Å². The van der Waals surface area contributed by atoms with Gasteiger partial charge >= 0.3 is 0 Å². The molecule has 0 fully saturated rings. The number of halogens is 1. The number of rotatable bonds is 4. The first-order valence-corrected chi connectivity index (χ1v) is 7.29. The van der Waals surface area contributed by atoms with Gasteiger partial charge in [-0.05, 0) is 50.1 Å². The van der Waals surface area contributed by atoms with E-state index in [4.69, 9.17) is 11.6 Å². The van der Waals surface area contributed by atoms with Crippen LogP contribution in [0.2, 0.25) is 4.34 Å². The van der Waals surface area contributed by atoms with Crippen molar-refractivity contribution in [1.82, 2.24) is 5.32 Å². The molecular formula is C15H18ClNS. The Hall–Kier alpha value is -0.830. The predicted molar refractivity (Wildman–Crippen MR) is 80.7 cm³/mol. The van der Waals surface area contributed by atoms with Gasteiger partial charge in [0.25, 0.3) is 0 Å². The van der Waals surface area contributed by atoms with Crippen LogP contribution >= 0.6 is 22.9 Å². The fraction of sp³-hybridized carbons (Fsp3) is 0.333. The van der Waals surface area contributed by atoms with Gasteiger partial charge in [0.1, 0.15) is 0 Å². The number of hydrogen-bond donors (Lipinski definition) is 1. The van der Waals surface area contributed by atoms with Crippen molar-refractivity contribution in [2.75, 3.05) is 7.05 Å². The second-order valence-corrected chi connectivity index (χ2v) is 6.26. The molecule has 0 aliphatic rings. The zero-order valence-electron chi connectivity index (χ0n) is 11.0. The van der Waals surface area contributed by atoms with Crippen molar-refractivity contribution in [1.29, 1.82) is 0 Å². The zero-order valence-corrected chi connectivity index (χ0v) is 12.5. The largest absolute Gasteiger partial charge is 0.312 e. The summed E-state index contributed by atoms with van der Waals surface area (Å²) in [6, 6.07) is 11.1. The Morgan fingerprint density at radius 2 is 1.94 bits per heavy atom. The van der Waals surface area contributed by atoms with Crippen LogP contribution < -0.4 is 5.32 Å². The van der Waals surface area contributed by atoms with Crippen molar-refractivity contribution in [3.8, 4) is 0 Å². The molecule has 18 heavy (non-hydrogen) atoms. The van der Waals surface area contributed by atoms with Gasteiger partial charge in [-0.1, -0.05) is 35.9 Å². The van der Waals surface area contributed by atoms with Crippen LogP contribution in [0.4, 0.5) is 0 Å². The number of thiophene rings is 1. The highest BCUT2D eigenvalue weighted by atomic mass is 35.5. The first-order chi connectivity index (χ1) is 8.61. The molecule has 0 saturated heterocycles. The van der Waals surface area contributed by atoms with Gasteiger partial charge in [-0.15, -0.1) is 11.3 Å². The van der Waals surface area contributed by atoms with E-state index in [-0.39, 0.29) is 0 Å². The van der Waals surface area contributed by atoms with Crippen molar-refractivity contribution in [3.63, 3.8) is 0 Å². The normalized spacial score (nSPS) is 12.7. The SMILES string of the molecule is CNC(Cc1ccccc1C)c1cc(C)c(Cl)s1. The highest BCUT2D eigenvalue weighted by Crippen LogP contribution is 2.32. The monoisotopic (exact) mass is 279 g/mol. The third kappa shape index (κ3) is 2.94. The van der Waals surface area contributed by atoms with Gasteiger partial charge in [0, 0.05) is 10.9 Å². The Morgan fingerprint density at radius 1 is 1.22 bits per heavy atom. The van der Waals surface area contributed by atoms with Crippen LogP contribution in [0.3, 0.4) is 0 Å². The summed E-state index contributed by atoms with van der Waals surface area (Å²) in [5, 5.41) is 3.39. The van der Waals surface area contributed by atoms with E-state index in [9.17, 15) is 0 Å². The minimum absolute atomic E-state index is 0.335. The summed E-state index contributed by atoms with van der Waals surface area (Å²) in [4.78, 5) is 1.31. The molecule has 1 atom stereocenters. The van der Waals surface area contributed by atoms with E-state index in [2.05, 4.69) is 49.5 Å². The van der Waals surface area contributed by atoms with E-state index in [1.807, 2.05) is 7.05 Å². The molecule has 1 nitrogen and oxygen atoms in total. The van der Waals surface area contributed by atoms with Crippen molar-refractivity contribution >= 4 is 22.9 Å². The Bertz CT molecular complexity index is 514. The maximum atomic E-state index is 6.16. The fourth-order valence-corrected chi connectivity index (χ4v) is 3.39. The molecule has 1 unspecified atom stereocenters. The molecule has 1 aromatic heterocycles. The third-order valence-electron chi connectivity index (χ3n) is 3.25. The van der Waals surface area contributed by atoms with Gasteiger partial charge in [-0.2, -0.15) is 0 Å². The zero-order chi connectivity index (χ0) is 13.1. The lowest BCUT2D eigenvalue weighted by Gasteiger charge is -2.16. The summed E-state index contributed by atoms with van der Waals surface area (Å²) in [6.45, 7) is 4.22. The molecule has 1 N–H and O–H groups in total. The predicted octanol–water partition coefficient (Wildman–Crippen LogP) is 4.52. The summed E-state index contributed by atoms with van der Waals surface area (Å²) in [7, 11) is 2.01. The maximum Gasteiger partial charge on any atom is 0.0960 e. The molecule has 0 aliphatic carbocycles. The molecule has 0 radical (unpaired) electrons. The van der Waals surface area contributed by atoms with Crippen LogP contribution in [0.5, 0.6) is 0 Å². The molecule has 0 spiro atoms. The molecule has 0 amide bonds. The van der Waals surface area contributed by atoms with E-state index in [1.54, 1.807) is 11.3 Å². The standard InChI is InChI=1S/C15H18ClNS/c1-10-6-4-5-7-12(10)9-13(17-3)14-8-11(2)15(16)18-14/h4-8,13,17H,9H2,1-3H3. The Kier molecular flexibility index (Phi) is 4.44. The Labute approximate surface area is 118 Å². The first kappa shape index (κ1) is 13.6. The molecule has 1 aromatic carbocycles. The van der Waals surface area contributed by atoms with Crippen molar-refractivity contribution < 1.29 is 0 Å². The van der Waals surface area contributed by atoms with Gasteiger partial charge in [0.15, 0.2) is 0 Å². The summed E-state index contributed by atoms with van der Waals surface area (Å²) >= 11 is 7.83. The van der Waals surface area contributed by atoms with Crippen LogP contribution in [0.15, 0.2) is 30.3 Å². The molecule has 1 heterocycles. The Morgan fingerprint density at radius 3 is 2.50 bits per heavy atom. The Balaban J connectivity index is 2.22. The first-order valence-electron chi connectivity index (χ1n) is 6.09. The molecule has 2 rings (SSSR count). The molecule has 3 heteroatoms. The number of likely N-dealkylation sites (N-methyl/N-ethyl adjacent to an activating group) is 1. The second-order valence-electron chi connectivity index (χ2n) is 4.58. The van der Waals surface area contributed by atoms with E-state index in [0.717, 1.165) is 10.8 Å². The fourth-order valence-electron chi connectivity index (χ4n) is 2.06. The van der Waals surface area contributed by atoms with E-state index in [1.165, 1.54) is 21.6 Å². The van der Waals surface area contributed by atoms with Gasteiger partial charge in [0.05, 0.1) is 4.34 Å². The molecule has 0 aliphatic heterocycles. The average Bonchev–Trinajstić information content (AvgIpc) is 2.68. The van der Waals surface area contributed by atoms with Gasteiger partial charge < -0.3 is 5.32 Å². The smallest absolute Gasteiger partial charge is 0.0960 e. The molecule has 96 valence electrons. The lowest BCUT2D eigenvalue weighted by Crippen LogP contribution is -2.18. The van der Waals surface area contributed by atoms with Gasteiger partial charge in [-0.3, -0.25) is 0 Å². The minimum Gasteiger partial charge on any atom is -0.312 e. The van der Waals surface area contributed by atoms with E-state index in [0.29, 0.717) is 6.04 Å². The lowest BCUT2D eigenvalue weighted by molar-refractivity contribution is 0.600. The third-order valence-corrected chi connectivity index (χ3v) is 4.92. The second kappa shape index (κ2) is 5.87. The number of aryl methyl sites for hydroxylation is 2. The van der Waals surface area contributed by atoms with Crippen molar-refractivity contribution in [3.05, 3.63) is 56.2 Å². The molecule has 0 bridgehead atoms. The minimum atomic E-state index is 0.335. The van der Waals surface area contributed by atoms with Gasteiger partial charge in [0.2, 0.25) is 0 Å². The molecular weight excluding hydrogens is 262 g/mol. The highest BCUT2D eigenvalue weighted by molar-refractivity contribution is 7.16. The van der Waals surface area contributed by atoms with Gasteiger partial charge in [-0.25, -0.2) is 0 Å². The lowest BCUT2D eigenvalue weighted by atomic mass is 10.0. The summed E-state index contributed by atoms with van der Waals surface area (Å²) < 4.78 is 0.898. The topological polar surface area (TPSA) is 12.0 Å². The van der Waals surface area contributed by atoms with E-state index >= 15 is 0 Å². The summed E-state index contributed by atoms with van der Waals surface area (Å²) in [6.07, 6.45) is 0.999. The molecule has 0 saturated carbocycles. The van der Waals surface area contributed by atoms with Crippen molar-refractivity contribution in [2.45, 2.75) is 26.3 Å². The van der Waals surface area contributed by atoms with E-state index < -0.39 is 0 Å². The summed E-state index contributed by atoms with van der Waals surface area (Å²) in [5.74, 6) is 0. The van der Waals surface area contributed by atoms with Crippen LogP contribution in [0.25, 0.3) is 0 Å². The average molecular weight is 280 g/mol. The quantitative estimate of drug-likeness (QED) is 0.868. The number of hydrogen-bond acceptors (Lipinski definition) is 2. The summed E-state index contributed by atoms with van der Waals surface area (Å²) in [5.41, 5.74) is 3.90. The number of nitrogens with one attached hydrogen (secondary N) is 1. The number of benzene rings is 1. The van der Waals surface area contributed by atoms with Crippen LogP contribution in [0.1, 0.15) is 27.6 Å². The van der Waals surface area contributed by atoms with Crippen LogP contribution in [-0.4, -0.2) is 7.05 Å². The molecule has 2 aromatic rings. The highest BCUT2D eigenvalue weighted by Gasteiger charge is 2.15. The van der Waals surface area contributed by atoms with Crippen molar-refractivity contribution in [2.24, 2.45) is 0 Å². The maximum absolute atomic E-state index is 6.16.